The van der Waals surface area contributed by atoms with Gasteiger partial charge in [-0.3, -0.25) is 0 Å². The highest BCUT2D eigenvalue weighted by Gasteiger charge is 2.10. The summed E-state index contributed by atoms with van der Waals surface area (Å²) in [6.45, 7) is 0.867. The van der Waals surface area contributed by atoms with E-state index in [-0.39, 0.29) is 5.82 Å². The van der Waals surface area contributed by atoms with Gasteiger partial charge in [0.25, 0.3) is 0 Å². The number of nitrogens with zero attached hydrogens (tertiary/aromatic N) is 1. The first-order valence-corrected chi connectivity index (χ1v) is 6.83. The number of aromatic nitrogens is 1. The molecule has 2 N–H and O–H groups in total. The maximum atomic E-state index is 13.2. The molecule has 0 aliphatic rings. The molecule has 0 aliphatic heterocycles. The second-order valence-corrected chi connectivity index (χ2v) is 5.03. The van der Waals surface area contributed by atoms with E-state index < -0.39 is 0 Å². The predicted molar refractivity (Wildman–Crippen MR) is 81.5 cm³/mol. The SMILES string of the molecule is Cn1cc(COc2cccc(F)c2)c2c(CN)cccc21. The van der Waals surface area contributed by atoms with Crippen LogP contribution in [-0.4, -0.2) is 4.57 Å². The quantitative estimate of drug-likeness (QED) is 0.798. The molecule has 21 heavy (non-hydrogen) atoms. The first kappa shape index (κ1) is 13.6. The summed E-state index contributed by atoms with van der Waals surface area (Å²) in [4.78, 5) is 0. The molecule has 3 nitrogen and oxygen atoms in total. The Morgan fingerprint density at radius 3 is 2.71 bits per heavy atom. The van der Waals surface area contributed by atoms with E-state index in [1.54, 1.807) is 12.1 Å². The Balaban J connectivity index is 1.94. The zero-order valence-electron chi connectivity index (χ0n) is 11.8. The Morgan fingerprint density at radius 1 is 1.14 bits per heavy atom. The molecule has 1 aromatic heterocycles. The van der Waals surface area contributed by atoms with Gasteiger partial charge in [0.15, 0.2) is 0 Å². The van der Waals surface area contributed by atoms with Crippen LogP contribution in [0, 0.1) is 5.82 Å². The molecule has 108 valence electrons. The fourth-order valence-electron chi connectivity index (χ4n) is 2.62. The summed E-state index contributed by atoms with van der Waals surface area (Å²) in [6.07, 6.45) is 2.03. The van der Waals surface area contributed by atoms with Crippen LogP contribution in [0.4, 0.5) is 4.39 Å². The topological polar surface area (TPSA) is 40.2 Å². The monoisotopic (exact) mass is 284 g/mol. The molecule has 0 unspecified atom stereocenters. The molecule has 0 spiro atoms. The summed E-state index contributed by atoms with van der Waals surface area (Å²) in [5.41, 5.74) is 9.09. The minimum atomic E-state index is -0.298. The number of ether oxygens (including phenoxy) is 1. The Hall–Kier alpha value is -2.33. The lowest BCUT2D eigenvalue weighted by Gasteiger charge is -2.07. The molecule has 1 heterocycles. The van der Waals surface area contributed by atoms with Crippen LogP contribution < -0.4 is 10.5 Å². The third-order valence-corrected chi connectivity index (χ3v) is 3.59. The van der Waals surface area contributed by atoms with Crippen LogP contribution in [0.15, 0.2) is 48.7 Å². The van der Waals surface area contributed by atoms with Crippen molar-refractivity contribution >= 4 is 10.9 Å². The molecule has 0 radical (unpaired) electrons. The van der Waals surface area contributed by atoms with Gasteiger partial charge >= 0.3 is 0 Å². The summed E-state index contributed by atoms with van der Waals surface area (Å²) in [5, 5.41) is 1.12. The standard InChI is InChI=1S/C17H17FN2O/c1-20-10-13(11-21-15-6-3-5-14(18)8-15)17-12(9-19)4-2-7-16(17)20/h2-8,10H,9,11,19H2,1H3. The lowest BCUT2D eigenvalue weighted by atomic mass is 10.1. The van der Waals surface area contributed by atoms with Crippen molar-refractivity contribution in [2.24, 2.45) is 12.8 Å². The molecule has 0 bridgehead atoms. The fraction of sp³-hybridized carbons (Fsp3) is 0.176. The normalized spacial score (nSPS) is 11.0. The van der Waals surface area contributed by atoms with Gasteiger partial charge in [0, 0.05) is 42.3 Å². The largest absolute Gasteiger partial charge is 0.489 e. The smallest absolute Gasteiger partial charge is 0.126 e. The van der Waals surface area contributed by atoms with Crippen molar-refractivity contribution in [2.75, 3.05) is 0 Å². The van der Waals surface area contributed by atoms with Gasteiger partial charge in [-0.25, -0.2) is 4.39 Å². The lowest BCUT2D eigenvalue weighted by molar-refractivity contribution is 0.305. The number of nitrogens with two attached hydrogens (primary N) is 1. The van der Waals surface area contributed by atoms with Crippen molar-refractivity contribution < 1.29 is 9.13 Å². The van der Waals surface area contributed by atoms with E-state index in [0.717, 1.165) is 22.0 Å². The Kier molecular flexibility index (Phi) is 3.62. The Labute approximate surface area is 122 Å². The number of hydrogen-bond donors (Lipinski definition) is 1. The van der Waals surface area contributed by atoms with E-state index in [9.17, 15) is 4.39 Å². The summed E-state index contributed by atoms with van der Waals surface area (Å²) in [5.74, 6) is 0.227. The molecule has 0 saturated carbocycles. The van der Waals surface area contributed by atoms with Crippen LogP contribution >= 0.6 is 0 Å². The molecule has 0 fully saturated rings. The van der Waals surface area contributed by atoms with Crippen molar-refractivity contribution in [2.45, 2.75) is 13.2 Å². The van der Waals surface area contributed by atoms with Crippen molar-refractivity contribution in [3.8, 4) is 5.75 Å². The molecular formula is C17H17FN2O. The molecule has 2 aromatic carbocycles. The molecule has 3 aromatic rings. The second kappa shape index (κ2) is 5.58. The van der Waals surface area contributed by atoms with Gasteiger partial charge in [-0.1, -0.05) is 18.2 Å². The highest BCUT2D eigenvalue weighted by Crippen LogP contribution is 2.26. The number of aryl methyl sites for hydroxylation is 1. The van der Waals surface area contributed by atoms with Gasteiger partial charge < -0.3 is 15.0 Å². The van der Waals surface area contributed by atoms with E-state index in [1.807, 2.05) is 25.4 Å². The van der Waals surface area contributed by atoms with E-state index in [0.29, 0.717) is 18.9 Å². The molecule has 0 amide bonds. The molecule has 0 saturated heterocycles. The van der Waals surface area contributed by atoms with Crippen LogP contribution in [0.25, 0.3) is 10.9 Å². The summed E-state index contributed by atoms with van der Waals surface area (Å²) in [7, 11) is 1.99. The van der Waals surface area contributed by atoms with Crippen molar-refractivity contribution in [3.63, 3.8) is 0 Å². The highest BCUT2D eigenvalue weighted by molar-refractivity contribution is 5.87. The minimum Gasteiger partial charge on any atom is -0.489 e. The van der Waals surface area contributed by atoms with Gasteiger partial charge in [0.2, 0.25) is 0 Å². The summed E-state index contributed by atoms with van der Waals surface area (Å²) >= 11 is 0. The Morgan fingerprint density at radius 2 is 1.95 bits per heavy atom. The first-order chi connectivity index (χ1) is 10.2. The number of fused-ring (bicyclic) bond motifs is 1. The fourth-order valence-corrected chi connectivity index (χ4v) is 2.62. The minimum absolute atomic E-state index is 0.298. The molecule has 0 atom stereocenters. The van der Waals surface area contributed by atoms with Crippen LogP contribution in [0.2, 0.25) is 0 Å². The van der Waals surface area contributed by atoms with E-state index in [4.69, 9.17) is 10.5 Å². The average Bonchev–Trinajstić information content (AvgIpc) is 2.82. The maximum absolute atomic E-state index is 13.2. The lowest BCUT2D eigenvalue weighted by Crippen LogP contribution is -2.00. The van der Waals surface area contributed by atoms with E-state index in [1.165, 1.54) is 12.1 Å². The third-order valence-electron chi connectivity index (χ3n) is 3.59. The Bertz CT molecular complexity index is 780. The van der Waals surface area contributed by atoms with Crippen LogP contribution in [0.1, 0.15) is 11.1 Å². The molecule has 0 aliphatic carbocycles. The third kappa shape index (κ3) is 2.62. The number of halogens is 1. The van der Waals surface area contributed by atoms with Gasteiger partial charge in [-0.2, -0.15) is 0 Å². The maximum Gasteiger partial charge on any atom is 0.126 e. The predicted octanol–water partition coefficient (Wildman–Crippen LogP) is 3.36. The van der Waals surface area contributed by atoms with Gasteiger partial charge in [-0.05, 0) is 23.8 Å². The first-order valence-electron chi connectivity index (χ1n) is 6.83. The van der Waals surface area contributed by atoms with Crippen LogP contribution in [0.3, 0.4) is 0 Å². The van der Waals surface area contributed by atoms with Crippen molar-refractivity contribution in [1.82, 2.24) is 4.57 Å². The second-order valence-electron chi connectivity index (χ2n) is 5.03. The number of benzene rings is 2. The van der Waals surface area contributed by atoms with Gasteiger partial charge in [0.1, 0.15) is 18.2 Å². The summed E-state index contributed by atoms with van der Waals surface area (Å²) in [6, 6.07) is 12.2. The summed E-state index contributed by atoms with van der Waals surface area (Å²) < 4.78 is 20.9. The zero-order valence-corrected chi connectivity index (χ0v) is 11.8. The van der Waals surface area contributed by atoms with Gasteiger partial charge in [-0.15, -0.1) is 0 Å². The van der Waals surface area contributed by atoms with E-state index in [2.05, 4.69) is 10.6 Å². The number of hydrogen-bond acceptors (Lipinski definition) is 2. The molecule has 4 heteroatoms. The highest BCUT2D eigenvalue weighted by atomic mass is 19.1. The molecular weight excluding hydrogens is 267 g/mol. The van der Waals surface area contributed by atoms with Crippen LogP contribution in [-0.2, 0) is 20.2 Å². The van der Waals surface area contributed by atoms with E-state index >= 15 is 0 Å². The van der Waals surface area contributed by atoms with Crippen LogP contribution in [0.5, 0.6) is 5.75 Å². The zero-order chi connectivity index (χ0) is 14.8. The van der Waals surface area contributed by atoms with Gasteiger partial charge in [0.05, 0.1) is 0 Å². The average molecular weight is 284 g/mol. The molecule has 3 rings (SSSR count). The van der Waals surface area contributed by atoms with Crippen molar-refractivity contribution in [3.05, 3.63) is 65.6 Å². The van der Waals surface area contributed by atoms with Crippen molar-refractivity contribution in [1.29, 1.82) is 0 Å². The number of rotatable bonds is 4.